The number of rotatable bonds is 4. The van der Waals surface area contributed by atoms with Crippen molar-refractivity contribution in [3.05, 3.63) is 29.3 Å². The number of ether oxygens (including phenoxy) is 1. The molecule has 1 saturated heterocycles. The van der Waals surface area contributed by atoms with Crippen molar-refractivity contribution in [1.29, 1.82) is 0 Å². The van der Waals surface area contributed by atoms with Gasteiger partial charge in [-0.25, -0.2) is 0 Å². The Balaban J connectivity index is 1.83. The van der Waals surface area contributed by atoms with Crippen LogP contribution < -0.4 is 10.1 Å². The fraction of sp³-hybridized carbons (Fsp3) is 0.588. The molecule has 114 valence electrons. The third kappa shape index (κ3) is 2.77. The first-order chi connectivity index (χ1) is 10.2. The quantitative estimate of drug-likeness (QED) is 0.924. The second kappa shape index (κ2) is 6.06. The molecule has 0 spiro atoms. The number of likely N-dealkylation sites (tertiary alicyclic amines) is 1. The Morgan fingerprint density at radius 3 is 2.95 bits per heavy atom. The van der Waals surface area contributed by atoms with Crippen LogP contribution in [0.5, 0.6) is 5.75 Å². The molecule has 0 radical (unpaired) electrons. The summed E-state index contributed by atoms with van der Waals surface area (Å²) in [4.78, 5) is 13.8. The van der Waals surface area contributed by atoms with Crippen LogP contribution in [0.25, 0.3) is 0 Å². The molecule has 4 heteroatoms. The number of likely N-dealkylation sites (N-methyl/N-ethyl adjacent to an activating group) is 1. The fourth-order valence-corrected chi connectivity index (χ4v) is 3.44. The van der Waals surface area contributed by atoms with E-state index in [1.807, 2.05) is 19.2 Å². The van der Waals surface area contributed by atoms with Crippen LogP contribution in [0.3, 0.4) is 0 Å². The second-order valence-corrected chi connectivity index (χ2v) is 5.98. The number of nitrogens with zero attached hydrogens (tertiary/aromatic N) is 1. The second-order valence-electron chi connectivity index (χ2n) is 5.98. The number of amides is 1. The molecule has 1 aromatic rings. The van der Waals surface area contributed by atoms with Gasteiger partial charge >= 0.3 is 0 Å². The van der Waals surface area contributed by atoms with Crippen LogP contribution in [-0.4, -0.2) is 37.0 Å². The van der Waals surface area contributed by atoms with Gasteiger partial charge in [-0.05, 0) is 43.0 Å². The molecule has 0 aromatic heterocycles. The van der Waals surface area contributed by atoms with Crippen LogP contribution in [-0.2, 0) is 11.2 Å². The van der Waals surface area contributed by atoms with Crippen molar-refractivity contribution in [1.82, 2.24) is 10.2 Å². The Morgan fingerprint density at radius 2 is 2.24 bits per heavy atom. The average molecular weight is 288 g/mol. The summed E-state index contributed by atoms with van der Waals surface area (Å²) in [5.41, 5.74) is 2.64. The summed E-state index contributed by atoms with van der Waals surface area (Å²) < 4.78 is 6.06. The summed E-state index contributed by atoms with van der Waals surface area (Å²) in [6, 6.07) is 6.67. The van der Waals surface area contributed by atoms with Gasteiger partial charge in [0.25, 0.3) is 5.91 Å². The van der Waals surface area contributed by atoms with Crippen LogP contribution in [0, 0.1) is 0 Å². The summed E-state index contributed by atoms with van der Waals surface area (Å²) in [6.45, 7) is 3.90. The maximum absolute atomic E-state index is 12.0. The lowest BCUT2D eigenvalue weighted by atomic mass is 9.87. The van der Waals surface area contributed by atoms with Crippen LogP contribution in [0.4, 0.5) is 0 Å². The van der Waals surface area contributed by atoms with Crippen molar-refractivity contribution >= 4 is 5.91 Å². The number of hydrogen-bond acceptors (Lipinski definition) is 3. The highest BCUT2D eigenvalue weighted by Crippen LogP contribution is 2.36. The molecule has 1 fully saturated rings. The Morgan fingerprint density at radius 1 is 1.38 bits per heavy atom. The van der Waals surface area contributed by atoms with Crippen molar-refractivity contribution in [2.24, 2.45) is 0 Å². The Hall–Kier alpha value is -1.55. The standard InChI is InChI=1S/C17H24N2O2/c1-3-18-14-8-4-7-13-12(14)6-5-9-15(13)21-16-10-11-19(2)17(16)20/h5-6,9,14,16,18H,3-4,7-8,10-11H2,1-2H3. The van der Waals surface area contributed by atoms with Gasteiger partial charge in [-0.15, -0.1) is 0 Å². The molecule has 3 rings (SSSR count). The van der Waals surface area contributed by atoms with Crippen molar-refractivity contribution in [2.45, 2.75) is 44.8 Å². The molecule has 0 bridgehead atoms. The minimum atomic E-state index is -0.305. The lowest BCUT2D eigenvalue weighted by molar-refractivity contribution is -0.132. The highest BCUT2D eigenvalue weighted by atomic mass is 16.5. The molecule has 1 amide bonds. The molecule has 1 aliphatic carbocycles. The van der Waals surface area contributed by atoms with E-state index in [1.54, 1.807) is 4.90 Å². The molecule has 1 N–H and O–H groups in total. The number of carbonyl (C=O) groups excluding carboxylic acids is 1. The minimum absolute atomic E-state index is 0.103. The molecule has 2 aliphatic rings. The van der Waals surface area contributed by atoms with Crippen molar-refractivity contribution in [3.63, 3.8) is 0 Å². The molecule has 1 heterocycles. The van der Waals surface area contributed by atoms with Gasteiger partial charge in [-0.1, -0.05) is 19.1 Å². The summed E-state index contributed by atoms with van der Waals surface area (Å²) in [6.07, 6.45) is 3.87. The molecule has 0 saturated carbocycles. The average Bonchev–Trinajstić information content (AvgIpc) is 2.81. The third-order valence-electron chi connectivity index (χ3n) is 4.56. The van der Waals surface area contributed by atoms with Gasteiger partial charge in [0.05, 0.1) is 0 Å². The molecule has 1 aliphatic heterocycles. The molecule has 4 nitrogen and oxygen atoms in total. The highest BCUT2D eigenvalue weighted by molar-refractivity contribution is 5.83. The van der Waals surface area contributed by atoms with Gasteiger partial charge in [-0.3, -0.25) is 4.79 Å². The van der Waals surface area contributed by atoms with Crippen molar-refractivity contribution in [2.75, 3.05) is 20.1 Å². The van der Waals surface area contributed by atoms with E-state index < -0.39 is 0 Å². The zero-order valence-corrected chi connectivity index (χ0v) is 12.9. The molecule has 2 atom stereocenters. The molecule has 2 unspecified atom stereocenters. The van der Waals surface area contributed by atoms with Crippen LogP contribution in [0.15, 0.2) is 18.2 Å². The van der Waals surface area contributed by atoms with E-state index in [9.17, 15) is 4.79 Å². The first-order valence-corrected chi connectivity index (χ1v) is 7.97. The molecule has 21 heavy (non-hydrogen) atoms. The predicted molar refractivity (Wildman–Crippen MR) is 82.5 cm³/mol. The zero-order valence-electron chi connectivity index (χ0n) is 12.9. The van der Waals surface area contributed by atoms with E-state index in [0.29, 0.717) is 6.04 Å². The maximum atomic E-state index is 12.0. The summed E-state index contributed by atoms with van der Waals surface area (Å²) in [7, 11) is 1.84. The Kier molecular flexibility index (Phi) is 4.15. The van der Waals surface area contributed by atoms with E-state index in [2.05, 4.69) is 18.3 Å². The molecular weight excluding hydrogens is 264 g/mol. The molecular formula is C17H24N2O2. The summed E-state index contributed by atoms with van der Waals surface area (Å²) in [5, 5.41) is 3.55. The van der Waals surface area contributed by atoms with E-state index in [-0.39, 0.29) is 12.0 Å². The summed E-state index contributed by atoms with van der Waals surface area (Å²) >= 11 is 0. The zero-order chi connectivity index (χ0) is 14.8. The van der Waals surface area contributed by atoms with Gasteiger partial charge in [0, 0.05) is 26.1 Å². The van der Waals surface area contributed by atoms with E-state index in [0.717, 1.165) is 31.7 Å². The van der Waals surface area contributed by atoms with E-state index in [1.165, 1.54) is 24.0 Å². The predicted octanol–water partition coefficient (Wildman–Crippen LogP) is 2.28. The Bertz CT molecular complexity index is 530. The number of carbonyl (C=O) groups is 1. The number of fused-ring (bicyclic) bond motifs is 1. The smallest absolute Gasteiger partial charge is 0.263 e. The third-order valence-corrected chi connectivity index (χ3v) is 4.56. The number of hydrogen-bond donors (Lipinski definition) is 1. The number of benzene rings is 1. The number of nitrogens with one attached hydrogen (secondary N) is 1. The van der Waals surface area contributed by atoms with Gasteiger partial charge in [0.15, 0.2) is 6.10 Å². The monoisotopic (exact) mass is 288 g/mol. The lowest BCUT2D eigenvalue weighted by Gasteiger charge is -2.28. The summed E-state index contributed by atoms with van der Waals surface area (Å²) in [5.74, 6) is 1.01. The normalized spacial score (nSPS) is 25.0. The Labute approximate surface area is 126 Å². The van der Waals surface area contributed by atoms with E-state index in [4.69, 9.17) is 4.74 Å². The van der Waals surface area contributed by atoms with Crippen molar-refractivity contribution in [3.8, 4) is 5.75 Å². The maximum Gasteiger partial charge on any atom is 0.263 e. The van der Waals surface area contributed by atoms with Gasteiger partial charge in [0.2, 0.25) is 0 Å². The highest BCUT2D eigenvalue weighted by Gasteiger charge is 2.32. The largest absolute Gasteiger partial charge is 0.480 e. The fourth-order valence-electron chi connectivity index (χ4n) is 3.44. The van der Waals surface area contributed by atoms with E-state index >= 15 is 0 Å². The van der Waals surface area contributed by atoms with Crippen LogP contribution >= 0.6 is 0 Å². The first-order valence-electron chi connectivity index (χ1n) is 7.97. The minimum Gasteiger partial charge on any atom is -0.480 e. The van der Waals surface area contributed by atoms with Gasteiger partial charge < -0.3 is 15.0 Å². The van der Waals surface area contributed by atoms with Crippen LogP contribution in [0.1, 0.15) is 43.4 Å². The molecule has 1 aromatic carbocycles. The van der Waals surface area contributed by atoms with Crippen LogP contribution in [0.2, 0.25) is 0 Å². The van der Waals surface area contributed by atoms with Crippen molar-refractivity contribution < 1.29 is 9.53 Å². The topological polar surface area (TPSA) is 41.6 Å². The van der Waals surface area contributed by atoms with Gasteiger partial charge in [0.1, 0.15) is 5.75 Å². The first kappa shape index (κ1) is 14.4. The SMILES string of the molecule is CCNC1CCCc2c(OC3CCN(C)C3=O)cccc21. The lowest BCUT2D eigenvalue weighted by Crippen LogP contribution is -2.30. The van der Waals surface area contributed by atoms with Gasteiger partial charge in [-0.2, -0.15) is 0 Å².